The molecule has 1 fully saturated rings. The lowest BCUT2D eigenvalue weighted by Gasteiger charge is -2.36. The molecular weight excluding hydrogens is 372 g/mol. The molecule has 0 bridgehead atoms. The molecule has 150 valence electrons. The van der Waals surface area contributed by atoms with Crippen molar-refractivity contribution in [2.24, 2.45) is 0 Å². The van der Waals surface area contributed by atoms with Gasteiger partial charge in [-0.05, 0) is 30.7 Å². The van der Waals surface area contributed by atoms with Gasteiger partial charge in [0.1, 0.15) is 11.4 Å². The van der Waals surface area contributed by atoms with Gasteiger partial charge in [0.15, 0.2) is 0 Å². The maximum atomic E-state index is 12.4. The van der Waals surface area contributed by atoms with Crippen LogP contribution < -0.4 is 10.1 Å². The Morgan fingerprint density at radius 3 is 2.83 bits per heavy atom. The number of anilines is 1. The van der Waals surface area contributed by atoms with Gasteiger partial charge in [-0.15, -0.1) is 0 Å². The Balaban J connectivity index is 1.27. The molecule has 1 aromatic carbocycles. The second-order valence-corrected chi connectivity index (χ2v) is 6.81. The molecule has 2 aromatic heterocycles. The van der Waals surface area contributed by atoms with Crippen LogP contribution in [-0.2, 0) is 0 Å². The van der Waals surface area contributed by atoms with E-state index < -0.39 is 0 Å². The number of amides is 2. The minimum Gasteiger partial charge on any atom is -0.494 e. The molecule has 1 aliphatic rings. The highest BCUT2D eigenvalue weighted by Crippen LogP contribution is 2.28. The fraction of sp³-hybridized carbons (Fsp3) is 0.350. The largest absolute Gasteiger partial charge is 0.494 e. The van der Waals surface area contributed by atoms with Crippen molar-refractivity contribution in [3.8, 4) is 17.3 Å². The second kappa shape index (κ2) is 8.68. The molecule has 1 aliphatic heterocycles. The van der Waals surface area contributed by atoms with Gasteiger partial charge in [0.25, 0.3) is 0 Å². The van der Waals surface area contributed by atoms with Crippen LogP contribution in [0.5, 0.6) is 5.75 Å². The van der Waals surface area contributed by atoms with Crippen LogP contribution in [0.2, 0.25) is 0 Å². The number of carbonyl (C=O) groups is 1. The average molecular weight is 394 g/mol. The van der Waals surface area contributed by atoms with Gasteiger partial charge in [-0.1, -0.05) is 18.5 Å². The molecule has 29 heavy (non-hydrogen) atoms. The number of likely N-dealkylation sites (tertiary alicyclic amines) is 1. The standard InChI is InChI=1S/C20H22N6O3/c1-2-3-10-28-16-6-4-15(5-7-16)23-20(27)26-12-14(13-26)19-24-18(25-29-19)17-11-21-8-9-22-17/h4-9,11,14H,2-3,10,12-13H2,1H3,(H,23,27). The van der Waals surface area contributed by atoms with Crippen molar-refractivity contribution in [1.82, 2.24) is 25.0 Å². The first-order chi connectivity index (χ1) is 14.2. The highest BCUT2D eigenvalue weighted by atomic mass is 16.5. The van der Waals surface area contributed by atoms with E-state index in [0.717, 1.165) is 24.3 Å². The summed E-state index contributed by atoms with van der Waals surface area (Å²) in [5, 5.41) is 6.83. The van der Waals surface area contributed by atoms with Crippen LogP contribution in [0, 0.1) is 0 Å². The summed E-state index contributed by atoms with van der Waals surface area (Å²) < 4.78 is 11.0. The Morgan fingerprint density at radius 1 is 1.28 bits per heavy atom. The van der Waals surface area contributed by atoms with E-state index in [1.807, 2.05) is 24.3 Å². The van der Waals surface area contributed by atoms with E-state index in [9.17, 15) is 4.79 Å². The maximum Gasteiger partial charge on any atom is 0.321 e. The first-order valence-corrected chi connectivity index (χ1v) is 9.61. The van der Waals surface area contributed by atoms with Crippen molar-refractivity contribution in [2.75, 3.05) is 25.0 Å². The number of aromatic nitrogens is 4. The summed E-state index contributed by atoms with van der Waals surface area (Å²) in [5.74, 6) is 1.73. The molecule has 0 atom stereocenters. The molecule has 3 heterocycles. The molecule has 1 saturated heterocycles. The van der Waals surface area contributed by atoms with Crippen LogP contribution in [0.3, 0.4) is 0 Å². The van der Waals surface area contributed by atoms with Crippen molar-refractivity contribution in [2.45, 2.75) is 25.7 Å². The van der Waals surface area contributed by atoms with Gasteiger partial charge in [-0.2, -0.15) is 4.98 Å². The zero-order valence-electron chi connectivity index (χ0n) is 16.1. The van der Waals surface area contributed by atoms with Gasteiger partial charge in [0, 0.05) is 31.2 Å². The third-order valence-corrected chi connectivity index (χ3v) is 4.62. The number of rotatable bonds is 7. The van der Waals surface area contributed by atoms with Crippen LogP contribution in [-0.4, -0.2) is 50.7 Å². The van der Waals surface area contributed by atoms with Crippen LogP contribution in [0.1, 0.15) is 31.6 Å². The van der Waals surface area contributed by atoms with E-state index >= 15 is 0 Å². The summed E-state index contributed by atoms with van der Waals surface area (Å²) in [4.78, 5) is 26.6. The summed E-state index contributed by atoms with van der Waals surface area (Å²) in [5.41, 5.74) is 1.28. The smallest absolute Gasteiger partial charge is 0.321 e. The number of carbonyl (C=O) groups excluding carboxylic acids is 1. The summed E-state index contributed by atoms with van der Waals surface area (Å²) in [7, 11) is 0. The highest BCUT2D eigenvalue weighted by Gasteiger charge is 2.35. The van der Waals surface area contributed by atoms with Crippen LogP contribution >= 0.6 is 0 Å². The Morgan fingerprint density at radius 2 is 2.10 bits per heavy atom. The first kappa shape index (κ1) is 18.9. The van der Waals surface area contributed by atoms with E-state index in [1.54, 1.807) is 23.5 Å². The molecule has 9 heteroatoms. The number of unbranched alkanes of at least 4 members (excludes halogenated alkanes) is 1. The number of hydrogen-bond acceptors (Lipinski definition) is 7. The summed E-state index contributed by atoms with van der Waals surface area (Å²) in [6, 6.07) is 7.23. The third kappa shape index (κ3) is 4.50. The molecule has 0 radical (unpaired) electrons. The van der Waals surface area contributed by atoms with Crippen LogP contribution in [0.15, 0.2) is 47.4 Å². The molecule has 0 unspecified atom stereocenters. The lowest BCUT2D eigenvalue weighted by Crippen LogP contribution is -2.50. The molecule has 2 amide bonds. The SMILES string of the molecule is CCCCOc1ccc(NC(=O)N2CC(c3nc(-c4cnccn4)no3)C2)cc1. The molecule has 1 N–H and O–H groups in total. The fourth-order valence-electron chi connectivity index (χ4n) is 2.89. The van der Waals surface area contributed by atoms with Crippen molar-refractivity contribution in [1.29, 1.82) is 0 Å². The monoisotopic (exact) mass is 394 g/mol. The van der Waals surface area contributed by atoms with Crippen LogP contribution in [0.4, 0.5) is 10.5 Å². The topological polar surface area (TPSA) is 106 Å². The summed E-state index contributed by atoms with van der Waals surface area (Å²) >= 11 is 0. The quantitative estimate of drug-likeness (QED) is 0.613. The normalized spacial score (nSPS) is 13.8. The third-order valence-electron chi connectivity index (χ3n) is 4.62. The zero-order chi connectivity index (χ0) is 20.1. The minimum absolute atomic E-state index is 0.0213. The maximum absolute atomic E-state index is 12.4. The molecular formula is C20H22N6O3. The molecule has 3 aromatic rings. The van der Waals surface area contributed by atoms with Crippen molar-refractivity contribution in [3.63, 3.8) is 0 Å². The van der Waals surface area contributed by atoms with Crippen molar-refractivity contribution in [3.05, 3.63) is 48.7 Å². The van der Waals surface area contributed by atoms with Gasteiger partial charge in [0.05, 0.1) is 18.7 Å². The predicted octanol–water partition coefficient (Wildman–Crippen LogP) is 3.34. The van der Waals surface area contributed by atoms with Gasteiger partial charge in [-0.25, -0.2) is 9.78 Å². The predicted molar refractivity (Wildman–Crippen MR) is 106 cm³/mol. The van der Waals surface area contributed by atoms with Gasteiger partial charge in [0.2, 0.25) is 11.7 Å². The van der Waals surface area contributed by atoms with Crippen LogP contribution in [0.25, 0.3) is 11.5 Å². The molecule has 0 aliphatic carbocycles. The second-order valence-electron chi connectivity index (χ2n) is 6.81. The Kier molecular flexibility index (Phi) is 5.64. The van der Waals surface area contributed by atoms with Crippen molar-refractivity contribution < 1.29 is 14.1 Å². The average Bonchev–Trinajstić information content (AvgIpc) is 3.19. The highest BCUT2D eigenvalue weighted by molar-refractivity contribution is 5.90. The lowest BCUT2D eigenvalue weighted by molar-refractivity contribution is 0.147. The van der Waals surface area contributed by atoms with E-state index in [2.05, 4.69) is 32.3 Å². The van der Waals surface area contributed by atoms with E-state index in [0.29, 0.717) is 37.1 Å². The fourth-order valence-corrected chi connectivity index (χ4v) is 2.89. The Bertz CT molecular complexity index is 938. The van der Waals surface area contributed by atoms with Gasteiger partial charge < -0.3 is 19.5 Å². The number of urea groups is 1. The molecule has 9 nitrogen and oxygen atoms in total. The summed E-state index contributed by atoms with van der Waals surface area (Å²) in [6.07, 6.45) is 6.85. The molecule has 0 spiro atoms. The number of ether oxygens (including phenoxy) is 1. The zero-order valence-corrected chi connectivity index (χ0v) is 16.1. The molecule has 4 rings (SSSR count). The number of nitrogens with zero attached hydrogens (tertiary/aromatic N) is 5. The Hall–Kier alpha value is -3.49. The van der Waals surface area contributed by atoms with Gasteiger partial charge >= 0.3 is 6.03 Å². The minimum atomic E-state index is -0.158. The number of nitrogens with one attached hydrogen (secondary N) is 1. The van der Waals surface area contributed by atoms with E-state index in [1.165, 1.54) is 0 Å². The first-order valence-electron chi connectivity index (χ1n) is 9.61. The number of hydrogen-bond donors (Lipinski definition) is 1. The van der Waals surface area contributed by atoms with E-state index in [4.69, 9.17) is 9.26 Å². The summed E-state index contributed by atoms with van der Waals surface area (Å²) in [6.45, 7) is 3.86. The Labute approximate surface area is 168 Å². The molecule has 0 saturated carbocycles. The van der Waals surface area contributed by atoms with Crippen molar-refractivity contribution >= 4 is 11.7 Å². The lowest BCUT2D eigenvalue weighted by atomic mass is 10.0. The van der Waals surface area contributed by atoms with Gasteiger partial charge in [-0.3, -0.25) is 4.98 Å². The van der Waals surface area contributed by atoms with E-state index in [-0.39, 0.29) is 11.9 Å². The number of benzene rings is 1.